The van der Waals surface area contributed by atoms with Crippen molar-refractivity contribution in [2.75, 3.05) is 4.90 Å². The van der Waals surface area contributed by atoms with E-state index in [2.05, 4.69) is 6.08 Å². The van der Waals surface area contributed by atoms with Gasteiger partial charge in [-0.15, -0.1) is 0 Å². The van der Waals surface area contributed by atoms with E-state index < -0.39 is 11.7 Å². The van der Waals surface area contributed by atoms with Crippen LogP contribution in [-0.2, 0) is 9.53 Å². The Morgan fingerprint density at radius 3 is 2.58 bits per heavy atom. The Kier molecular flexibility index (Phi) is 1.97. The third-order valence-electron chi connectivity index (χ3n) is 4.37. The van der Waals surface area contributed by atoms with Crippen molar-refractivity contribution < 1.29 is 14.3 Å². The van der Waals surface area contributed by atoms with Crippen LogP contribution in [0.25, 0.3) is 0 Å². The standard InChI is InChI=1S/C15H13NO3/c17-13-15(9-10-6-7-11(15)8-10)19-14(18)16(13)12-4-2-1-3-5-12/h1-7,10-11H,8-9H2/t10-,11+,15?/m1/s1. The summed E-state index contributed by atoms with van der Waals surface area (Å²) in [5.41, 5.74) is -0.354. The van der Waals surface area contributed by atoms with Crippen LogP contribution in [-0.4, -0.2) is 17.6 Å². The third kappa shape index (κ3) is 1.28. The number of para-hydroxylation sites is 1. The first kappa shape index (κ1) is 10.8. The Morgan fingerprint density at radius 2 is 1.95 bits per heavy atom. The molecule has 1 heterocycles. The van der Waals surface area contributed by atoms with Crippen LogP contribution >= 0.6 is 0 Å². The maximum Gasteiger partial charge on any atom is 0.422 e. The number of rotatable bonds is 1. The van der Waals surface area contributed by atoms with Gasteiger partial charge in [0.15, 0.2) is 5.60 Å². The van der Waals surface area contributed by atoms with Gasteiger partial charge >= 0.3 is 6.09 Å². The van der Waals surface area contributed by atoms with Crippen LogP contribution in [0.1, 0.15) is 12.8 Å². The van der Waals surface area contributed by atoms with E-state index in [1.165, 1.54) is 4.90 Å². The molecular formula is C15H13NO3. The summed E-state index contributed by atoms with van der Waals surface area (Å²) in [6.45, 7) is 0. The summed E-state index contributed by atoms with van der Waals surface area (Å²) in [5.74, 6) is 0.209. The van der Waals surface area contributed by atoms with Crippen LogP contribution in [0.4, 0.5) is 10.5 Å². The van der Waals surface area contributed by atoms with Crippen LogP contribution in [0.15, 0.2) is 42.5 Å². The highest BCUT2D eigenvalue weighted by molar-refractivity contribution is 6.20. The molecule has 2 aliphatic carbocycles. The Bertz CT molecular complexity index is 595. The van der Waals surface area contributed by atoms with E-state index >= 15 is 0 Å². The largest absolute Gasteiger partial charge is 0.431 e. The molecule has 4 nitrogen and oxygen atoms in total. The van der Waals surface area contributed by atoms with Gasteiger partial charge in [-0.3, -0.25) is 4.79 Å². The molecule has 0 radical (unpaired) electrons. The normalized spacial score (nSPS) is 35.5. The topological polar surface area (TPSA) is 46.6 Å². The molecule has 3 aliphatic rings. The zero-order chi connectivity index (χ0) is 13.0. The summed E-state index contributed by atoms with van der Waals surface area (Å²) in [6.07, 6.45) is 5.15. The van der Waals surface area contributed by atoms with Gasteiger partial charge in [-0.25, -0.2) is 9.69 Å². The van der Waals surface area contributed by atoms with Crippen molar-refractivity contribution in [3.8, 4) is 0 Å². The highest BCUT2D eigenvalue weighted by Gasteiger charge is 2.63. The van der Waals surface area contributed by atoms with E-state index in [9.17, 15) is 9.59 Å². The molecule has 3 atom stereocenters. The van der Waals surface area contributed by atoms with Crippen molar-refractivity contribution in [3.05, 3.63) is 42.5 Å². The third-order valence-corrected chi connectivity index (χ3v) is 4.37. The van der Waals surface area contributed by atoms with E-state index in [-0.39, 0.29) is 11.8 Å². The van der Waals surface area contributed by atoms with E-state index in [1.807, 2.05) is 24.3 Å². The van der Waals surface area contributed by atoms with Gasteiger partial charge in [0.2, 0.25) is 0 Å². The fourth-order valence-corrected chi connectivity index (χ4v) is 3.49. The van der Waals surface area contributed by atoms with Gasteiger partial charge in [0.1, 0.15) is 0 Å². The zero-order valence-corrected chi connectivity index (χ0v) is 10.3. The number of imide groups is 1. The first-order chi connectivity index (χ1) is 9.21. The fraction of sp³-hybridized carbons (Fsp3) is 0.333. The lowest BCUT2D eigenvalue weighted by Gasteiger charge is -2.26. The van der Waals surface area contributed by atoms with Gasteiger partial charge in [0.05, 0.1) is 5.69 Å². The predicted octanol–water partition coefficient (Wildman–Crippen LogP) is 2.50. The zero-order valence-electron chi connectivity index (χ0n) is 10.3. The molecule has 4 heteroatoms. The quantitative estimate of drug-likeness (QED) is 0.724. The number of ether oxygens (including phenoxy) is 1. The molecule has 2 amide bonds. The van der Waals surface area contributed by atoms with Crippen molar-refractivity contribution in [3.63, 3.8) is 0 Å². The summed E-state index contributed by atoms with van der Waals surface area (Å²) >= 11 is 0. The second-order valence-electron chi connectivity index (χ2n) is 5.42. The summed E-state index contributed by atoms with van der Waals surface area (Å²) in [4.78, 5) is 25.9. The Morgan fingerprint density at radius 1 is 1.16 bits per heavy atom. The SMILES string of the molecule is O=C1OC2(C[C@@H]3C=C[C@H]2C3)C(=O)N1c1ccccc1. The first-order valence-corrected chi connectivity index (χ1v) is 6.51. The van der Waals surface area contributed by atoms with Crippen LogP contribution in [0.2, 0.25) is 0 Å². The highest BCUT2D eigenvalue weighted by Crippen LogP contribution is 2.52. The van der Waals surface area contributed by atoms with E-state index in [0.717, 1.165) is 6.42 Å². The lowest BCUT2D eigenvalue weighted by atomic mass is 9.87. The number of fused-ring (bicyclic) bond motifs is 3. The summed E-state index contributed by atoms with van der Waals surface area (Å²) in [5, 5.41) is 0. The first-order valence-electron chi connectivity index (χ1n) is 6.51. The van der Waals surface area contributed by atoms with Gasteiger partial charge in [-0.05, 0) is 24.5 Å². The fourth-order valence-electron chi connectivity index (χ4n) is 3.49. The van der Waals surface area contributed by atoms with Crippen molar-refractivity contribution in [2.45, 2.75) is 18.4 Å². The van der Waals surface area contributed by atoms with Crippen LogP contribution in [0.3, 0.4) is 0 Å². The minimum Gasteiger partial charge on any atom is -0.431 e. The monoisotopic (exact) mass is 255 g/mol. The number of hydrogen-bond acceptors (Lipinski definition) is 3. The summed E-state index contributed by atoms with van der Waals surface area (Å²) in [7, 11) is 0. The highest BCUT2D eigenvalue weighted by atomic mass is 16.6. The van der Waals surface area contributed by atoms with Crippen LogP contribution in [0, 0.1) is 11.8 Å². The van der Waals surface area contributed by atoms with E-state index in [4.69, 9.17) is 4.74 Å². The van der Waals surface area contributed by atoms with Gasteiger partial charge in [-0.2, -0.15) is 0 Å². The molecule has 1 aliphatic heterocycles. The van der Waals surface area contributed by atoms with E-state index in [1.54, 1.807) is 12.1 Å². The van der Waals surface area contributed by atoms with Gasteiger partial charge in [0, 0.05) is 12.3 Å². The molecule has 1 unspecified atom stereocenters. The van der Waals surface area contributed by atoms with Gasteiger partial charge in [-0.1, -0.05) is 30.4 Å². The second kappa shape index (κ2) is 3.47. The maximum absolute atomic E-state index is 12.7. The molecule has 2 bridgehead atoms. The van der Waals surface area contributed by atoms with Gasteiger partial charge < -0.3 is 4.74 Å². The van der Waals surface area contributed by atoms with Crippen LogP contribution < -0.4 is 4.90 Å². The molecule has 2 fully saturated rings. The second-order valence-corrected chi connectivity index (χ2v) is 5.42. The number of hydrogen-bond donors (Lipinski definition) is 0. The molecule has 1 spiro atoms. The number of anilines is 1. The van der Waals surface area contributed by atoms with Crippen molar-refractivity contribution in [1.29, 1.82) is 0 Å². The lowest BCUT2D eigenvalue weighted by molar-refractivity contribution is -0.131. The van der Waals surface area contributed by atoms with Crippen molar-refractivity contribution in [2.24, 2.45) is 11.8 Å². The number of benzene rings is 1. The summed E-state index contributed by atoms with van der Waals surface area (Å²) < 4.78 is 5.51. The Labute approximate surface area is 110 Å². The molecule has 1 aromatic rings. The Balaban J connectivity index is 1.75. The molecule has 19 heavy (non-hydrogen) atoms. The van der Waals surface area contributed by atoms with E-state index in [0.29, 0.717) is 18.0 Å². The van der Waals surface area contributed by atoms with Crippen LogP contribution in [0.5, 0.6) is 0 Å². The summed E-state index contributed by atoms with van der Waals surface area (Å²) in [6, 6.07) is 8.97. The molecule has 0 N–H and O–H groups in total. The number of amides is 2. The average molecular weight is 255 g/mol. The average Bonchev–Trinajstić information content (AvgIpc) is 3.06. The molecule has 4 rings (SSSR count). The number of carbonyl (C=O) groups is 2. The maximum atomic E-state index is 12.7. The Hall–Kier alpha value is -2.10. The number of nitrogens with zero attached hydrogens (tertiary/aromatic N) is 1. The number of allylic oxidation sites excluding steroid dienone is 1. The van der Waals surface area contributed by atoms with Gasteiger partial charge in [0.25, 0.3) is 5.91 Å². The molecule has 1 aromatic carbocycles. The van der Waals surface area contributed by atoms with Crippen molar-refractivity contribution >= 4 is 17.7 Å². The lowest BCUT2D eigenvalue weighted by Crippen LogP contribution is -2.44. The number of carbonyl (C=O) groups excluding carboxylic acids is 2. The molecule has 0 aromatic heterocycles. The minimum atomic E-state index is -0.938. The molecule has 96 valence electrons. The molecule has 1 saturated carbocycles. The minimum absolute atomic E-state index is 0.0441. The molecular weight excluding hydrogens is 242 g/mol. The molecule has 1 saturated heterocycles. The van der Waals surface area contributed by atoms with Crippen molar-refractivity contribution in [1.82, 2.24) is 0 Å². The smallest absolute Gasteiger partial charge is 0.422 e. The predicted molar refractivity (Wildman–Crippen MR) is 68.5 cm³/mol.